The van der Waals surface area contributed by atoms with E-state index < -0.39 is 28.3 Å². The maximum absolute atomic E-state index is 13.5. The molecular formula is C26H37N3O7S. The monoisotopic (exact) mass is 535 g/mol. The number of methoxy groups -OCH3 is 1. The van der Waals surface area contributed by atoms with Gasteiger partial charge in [-0.3, -0.25) is 4.79 Å². The second kappa shape index (κ2) is 14.7. The average Bonchev–Trinajstić information content (AvgIpc) is 2.83. The van der Waals surface area contributed by atoms with Gasteiger partial charge < -0.3 is 25.2 Å². The van der Waals surface area contributed by atoms with Crippen LogP contribution in [0.25, 0.3) is 0 Å². The van der Waals surface area contributed by atoms with E-state index in [1.54, 1.807) is 0 Å². The number of hydrogen-bond donors (Lipinski definition) is 3. The average molecular weight is 536 g/mol. The van der Waals surface area contributed by atoms with Crippen LogP contribution in [0.2, 0.25) is 0 Å². The lowest BCUT2D eigenvalue weighted by atomic mass is 10.0. The number of nitrogens with one attached hydrogen (secondary N) is 2. The van der Waals surface area contributed by atoms with Crippen molar-refractivity contribution in [2.45, 2.75) is 44.2 Å². The number of amides is 2. The van der Waals surface area contributed by atoms with E-state index >= 15 is 0 Å². The van der Waals surface area contributed by atoms with Gasteiger partial charge in [0.25, 0.3) is 0 Å². The molecule has 0 spiro atoms. The number of carbonyl (C=O) groups excluding carboxylic acids is 2. The molecule has 204 valence electrons. The molecule has 0 saturated carbocycles. The van der Waals surface area contributed by atoms with Crippen LogP contribution in [0, 0.1) is 5.92 Å². The van der Waals surface area contributed by atoms with Crippen molar-refractivity contribution < 1.29 is 32.6 Å². The first-order chi connectivity index (χ1) is 17.5. The summed E-state index contributed by atoms with van der Waals surface area (Å²) in [6, 6.07) is 14.3. The first kappa shape index (κ1) is 30.2. The third-order valence-electron chi connectivity index (χ3n) is 5.36. The van der Waals surface area contributed by atoms with Gasteiger partial charge in [0.05, 0.1) is 23.6 Å². The Morgan fingerprint density at radius 1 is 1.00 bits per heavy atom. The predicted octanol–water partition coefficient (Wildman–Crippen LogP) is 2.64. The number of ether oxygens (including phenoxy) is 2. The number of rotatable bonds is 14. The summed E-state index contributed by atoms with van der Waals surface area (Å²) < 4.78 is 38.2. The lowest BCUT2D eigenvalue weighted by molar-refractivity contribution is -0.114. The maximum Gasteiger partial charge on any atom is 0.407 e. The largest absolute Gasteiger partial charge is 0.447 e. The van der Waals surface area contributed by atoms with E-state index in [0.717, 1.165) is 5.56 Å². The first-order valence-electron chi connectivity index (χ1n) is 12.0. The van der Waals surface area contributed by atoms with Gasteiger partial charge in [-0.05, 0) is 42.2 Å². The Morgan fingerprint density at radius 3 is 2.22 bits per heavy atom. The van der Waals surface area contributed by atoms with Crippen molar-refractivity contribution in [2.24, 2.45) is 5.92 Å². The SMILES string of the molecule is COCCOC(=O)N[C@@H](Cc1ccccc1)[C@H](O)CN(CC(C)C)S(=O)(=O)c1ccc(NC(C)=O)cc1. The van der Waals surface area contributed by atoms with Gasteiger partial charge in [-0.2, -0.15) is 4.31 Å². The van der Waals surface area contributed by atoms with Crippen LogP contribution in [0.5, 0.6) is 0 Å². The lowest BCUT2D eigenvalue weighted by Crippen LogP contribution is -2.51. The Labute approximate surface area is 219 Å². The van der Waals surface area contributed by atoms with Gasteiger partial charge in [0.15, 0.2) is 0 Å². The van der Waals surface area contributed by atoms with E-state index in [1.807, 2.05) is 44.2 Å². The fourth-order valence-corrected chi connectivity index (χ4v) is 5.26. The second-order valence-electron chi connectivity index (χ2n) is 9.06. The standard InChI is InChI=1S/C26H37N3O7S/c1-19(2)17-29(37(33,34)23-12-10-22(11-13-23)27-20(3)30)18-25(31)24(16-21-8-6-5-7-9-21)28-26(32)36-15-14-35-4/h5-13,19,24-25,31H,14-18H2,1-4H3,(H,27,30)(H,28,32)/t24-,25+/m0/s1. The van der Waals surface area contributed by atoms with Crippen LogP contribution in [-0.4, -0.2) is 75.4 Å². The Balaban J connectivity index is 2.26. The molecule has 37 heavy (non-hydrogen) atoms. The molecule has 0 fully saturated rings. The normalized spacial score (nSPS) is 13.3. The summed E-state index contributed by atoms with van der Waals surface area (Å²) in [6.45, 7) is 5.29. The van der Waals surface area contributed by atoms with E-state index in [4.69, 9.17) is 9.47 Å². The highest BCUT2D eigenvalue weighted by molar-refractivity contribution is 7.89. The van der Waals surface area contributed by atoms with Gasteiger partial charge in [0.1, 0.15) is 6.61 Å². The maximum atomic E-state index is 13.5. The quantitative estimate of drug-likeness (QED) is 0.317. The fourth-order valence-electron chi connectivity index (χ4n) is 3.64. The molecule has 11 heteroatoms. The van der Waals surface area contributed by atoms with Crippen molar-refractivity contribution in [1.29, 1.82) is 0 Å². The zero-order valence-electron chi connectivity index (χ0n) is 21.7. The molecule has 10 nitrogen and oxygen atoms in total. The van der Waals surface area contributed by atoms with Crippen molar-refractivity contribution in [1.82, 2.24) is 9.62 Å². The second-order valence-corrected chi connectivity index (χ2v) is 11.0. The summed E-state index contributed by atoms with van der Waals surface area (Å²) in [5.41, 5.74) is 1.33. The first-order valence-corrected chi connectivity index (χ1v) is 13.5. The number of anilines is 1. The molecule has 3 N–H and O–H groups in total. The number of carbonyl (C=O) groups is 2. The van der Waals surface area contributed by atoms with E-state index in [-0.39, 0.29) is 49.4 Å². The van der Waals surface area contributed by atoms with Crippen LogP contribution in [0.3, 0.4) is 0 Å². The smallest absolute Gasteiger partial charge is 0.407 e. The van der Waals surface area contributed by atoms with Crippen LogP contribution in [0.4, 0.5) is 10.5 Å². The molecule has 0 aliphatic heterocycles. The number of sulfonamides is 1. The zero-order chi connectivity index (χ0) is 27.4. The number of benzene rings is 2. The highest BCUT2D eigenvalue weighted by Gasteiger charge is 2.31. The summed E-state index contributed by atoms with van der Waals surface area (Å²) in [6.07, 6.45) is -1.70. The van der Waals surface area contributed by atoms with Gasteiger partial charge in [-0.15, -0.1) is 0 Å². The van der Waals surface area contributed by atoms with Crippen LogP contribution >= 0.6 is 0 Å². The minimum absolute atomic E-state index is 0.0276. The molecule has 0 aliphatic carbocycles. The molecule has 2 aromatic carbocycles. The molecule has 0 radical (unpaired) electrons. The minimum atomic E-state index is -3.99. The Morgan fingerprint density at radius 2 is 1.65 bits per heavy atom. The van der Waals surface area contributed by atoms with Crippen LogP contribution in [0.1, 0.15) is 26.3 Å². The molecular weight excluding hydrogens is 498 g/mol. The van der Waals surface area contributed by atoms with Crippen LogP contribution in [0.15, 0.2) is 59.5 Å². The summed E-state index contributed by atoms with van der Waals surface area (Å²) in [5, 5.41) is 16.5. The van der Waals surface area contributed by atoms with Crippen molar-refractivity contribution in [3.05, 3.63) is 60.2 Å². The van der Waals surface area contributed by atoms with Crippen LogP contribution in [-0.2, 0) is 30.7 Å². The summed E-state index contributed by atoms with van der Waals surface area (Å²) >= 11 is 0. The minimum Gasteiger partial charge on any atom is -0.447 e. The number of aliphatic hydroxyl groups is 1. The zero-order valence-corrected chi connectivity index (χ0v) is 22.5. The fraction of sp³-hybridized carbons (Fsp3) is 0.462. The number of alkyl carbamates (subject to hydrolysis) is 1. The Bertz CT molecular complexity index is 1090. The highest BCUT2D eigenvalue weighted by atomic mass is 32.2. The van der Waals surface area contributed by atoms with Crippen molar-refractivity contribution in [3.8, 4) is 0 Å². The van der Waals surface area contributed by atoms with Gasteiger partial charge in [-0.25, -0.2) is 13.2 Å². The third-order valence-corrected chi connectivity index (χ3v) is 7.20. The molecule has 2 atom stereocenters. The van der Waals surface area contributed by atoms with E-state index in [1.165, 1.54) is 42.6 Å². The number of nitrogens with zero attached hydrogens (tertiary/aromatic N) is 1. The number of hydrogen-bond acceptors (Lipinski definition) is 7. The van der Waals surface area contributed by atoms with Gasteiger partial charge >= 0.3 is 6.09 Å². The van der Waals surface area contributed by atoms with E-state index in [9.17, 15) is 23.1 Å². The molecule has 0 aliphatic rings. The van der Waals surface area contributed by atoms with E-state index in [2.05, 4.69) is 10.6 Å². The Hall–Kier alpha value is -2.99. The third kappa shape index (κ3) is 10.1. The molecule has 0 saturated heterocycles. The Kier molecular flexibility index (Phi) is 12.0. The van der Waals surface area contributed by atoms with Crippen molar-refractivity contribution >= 4 is 27.7 Å². The number of aliphatic hydroxyl groups excluding tert-OH is 1. The highest BCUT2D eigenvalue weighted by Crippen LogP contribution is 2.21. The molecule has 2 amide bonds. The van der Waals surface area contributed by atoms with Crippen molar-refractivity contribution in [3.63, 3.8) is 0 Å². The summed E-state index contributed by atoms with van der Waals surface area (Å²) in [7, 11) is -2.50. The molecule has 0 heterocycles. The predicted molar refractivity (Wildman–Crippen MR) is 141 cm³/mol. The van der Waals surface area contributed by atoms with Crippen LogP contribution < -0.4 is 10.6 Å². The molecule has 2 aromatic rings. The van der Waals surface area contributed by atoms with E-state index in [0.29, 0.717) is 5.69 Å². The van der Waals surface area contributed by atoms with Gasteiger partial charge in [0, 0.05) is 32.8 Å². The topological polar surface area (TPSA) is 134 Å². The van der Waals surface area contributed by atoms with Gasteiger partial charge in [-0.1, -0.05) is 44.2 Å². The summed E-state index contributed by atoms with van der Waals surface area (Å²) in [5.74, 6) is -0.293. The lowest BCUT2D eigenvalue weighted by Gasteiger charge is -2.30. The molecule has 0 bridgehead atoms. The molecule has 0 aromatic heterocycles. The van der Waals surface area contributed by atoms with Gasteiger partial charge in [0.2, 0.25) is 15.9 Å². The van der Waals surface area contributed by atoms with Crippen molar-refractivity contribution in [2.75, 3.05) is 38.7 Å². The summed E-state index contributed by atoms with van der Waals surface area (Å²) in [4.78, 5) is 23.7. The molecule has 2 rings (SSSR count). The molecule has 0 unspecified atom stereocenters.